The molecule has 0 radical (unpaired) electrons. The van der Waals surface area contributed by atoms with Gasteiger partial charge in [-0.1, -0.05) is 44.0 Å². The summed E-state index contributed by atoms with van der Waals surface area (Å²) in [5, 5.41) is 0. The maximum absolute atomic E-state index is 2.69. The second-order valence-electron chi connectivity index (χ2n) is 6.01. The Kier molecular flexibility index (Phi) is 8.04. The van der Waals surface area contributed by atoms with E-state index in [1.54, 1.807) is 11.1 Å². The second-order valence-corrected chi connectivity index (χ2v) is 6.01. The molecule has 1 fully saturated rings. The normalized spacial score (nSPS) is 21.7. The summed E-state index contributed by atoms with van der Waals surface area (Å²) in [5.74, 6) is 0. The molecule has 1 aromatic rings. The van der Waals surface area contributed by atoms with Gasteiger partial charge < -0.3 is 4.90 Å². The van der Waals surface area contributed by atoms with Crippen molar-refractivity contribution in [1.29, 1.82) is 0 Å². The van der Waals surface area contributed by atoms with Crippen molar-refractivity contribution in [3.05, 3.63) is 35.4 Å². The molecule has 2 heterocycles. The van der Waals surface area contributed by atoms with Crippen LogP contribution in [0.25, 0.3) is 0 Å². The van der Waals surface area contributed by atoms with Crippen LogP contribution in [0.2, 0.25) is 0 Å². The third kappa shape index (κ3) is 4.35. The monoisotopic (exact) mass is 330 g/mol. The van der Waals surface area contributed by atoms with Gasteiger partial charge in [0.1, 0.15) is 0 Å². The highest BCUT2D eigenvalue weighted by Crippen LogP contribution is 2.32. The van der Waals surface area contributed by atoms with Gasteiger partial charge in [0.05, 0.1) is 0 Å². The van der Waals surface area contributed by atoms with Crippen molar-refractivity contribution in [3.8, 4) is 0 Å². The molecule has 0 amide bonds. The molecule has 0 aliphatic carbocycles. The number of hydrogen-bond acceptors (Lipinski definition) is 2. The van der Waals surface area contributed by atoms with Crippen molar-refractivity contribution in [3.63, 3.8) is 0 Å². The smallest absolute Gasteiger partial charge is 0.0478 e. The Labute approximate surface area is 141 Å². The fourth-order valence-corrected chi connectivity index (χ4v) is 3.58. The van der Waals surface area contributed by atoms with Crippen LogP contribution in [0.1, 0.15) is 43.4 Å². The lowest BCUT2D eigenvalue weighted by Gasteiger charge is -2.45. The number of hydrogen-bond donors (Lipinski definition) is 0. The van der Waals surface area contributed by atoms with Crippen molar-refractivity contribution in [2.45, 2.75) is 38.6 Å². The standard InChI is InChI=1S/C17H26N2.2ClH/c1-2-3-6-10-18-12-13-19-11-9-15-7-4-5-8-16(15)17(19)14-18;;/h4-5,7-8,17H,2-3,6,9-14H2,1H3;2*1H. The molecule has 1 atom stereocenters. The van der Waals surface area contributed by atoms with Gasteiger partial charge in [-0.25, -0.2) is 0 Å². The van der Waals surface area contributed by atoms with Crippen molar-refractivity contribution in [2.75, 3.05) is 32.7 Å². The number of rotatable bonds is 4. The average molecular weight is 331 g/mol. The molecule has 1 unspecified atom stereocenters. The number of benzene rings is 1. The number of unbranched alkanes of at least 4 members (excludes halogenated alkanes) is 2. The van der Waals surface area contributed by atoms with Crippen LogP contribution >= 0.6 is 24.8 Å². The predicted molar refractivity (Wildman–Crippen MR) is 94.9 cm³/mol. The average Bonchev–Trinajstić information content (AvgIpc) is 2.47. The van der Waals surface area contributed by atoms with Gasteiger partial charge in [-0.2, -0.15) is 0 Å². The summed E-state index contributed by atoms with van der Waals surface area (Å²) in [7, 11) is 0. The molecule has 3 rings (SSSR count). The van der Waals surface area contributed by atoms with E-state index in [0.717, 1.165) is 0 Å². The van der Waals surface area contributed by atoms with Crippen molar-refractivity contribution in [2.24, 2.45) is 0 Å². The number of nitrogens with zero attached hydrogens (tertiary/aromatic N) is 2. The minimum absolute atomic E-state index is 0. The third-order valence-corrected chi connectivity index (χ3v) is 4.74. The summed E-state index contributed by atoms with van der Waals surface area (Å²) in [5.41, 5.74) is 3.17. The molecule has 0 N–H and O–H groups in total. The number of piperazine rings is 1. The van der Waals surface area contributed by atoms with Crippen LogP contribution in [0.15, 0.2) is 24.3 Å². The highest BCUT2D eigenvalue weighted by molar-refractivity contribution is 5.85. The van der Waals surface area contributed by atoms with Gasteiger partial charge in [-0.15, -0.1) is 24.8 Å². The van der Waals surface area contributed by atoms with E-state index in [1.807, 2.05) is 0 Å². The van der Waals surface area contributed by atoms with Crippen molar-refractivity contribution >= 4 is 24.8 Å². The first-order valence-corrected chi connectivity index (χ1v) is 7.92. The second kappa shape index (κ2) is 8.99. The van der Waals surface area contributed by atoms with Crippen LogP contribution in [0.4, 0.5) is 0 Å². The molecule has 4 heteroatoms. The van der Waals surface area contributed by atoms with Gasteiger partial charge in [-0.05, 0) is 30.5 Å². The minimum Gasteiger partial charge on any atom is -0.300 e. The Morgan fingerprint density at radius 3 is 2.67 bits per heavy atom. The van der Waals surface area contributed by atoms with E-state index in [9.17, 15) is 0 Å². The molecule has 0 aromatic heterocycles. The van der Waals surface area contributed by atoms with E-state index in [4.69, 9.17) is 0 Å². The zero-order valence-electron chi connectivity index (χ0n) is 13.0. The van der Waals surface area contributed by atoms with Gasteiger partial charge in [0.2, 0.25) is 0 Å². The van der Waals surface area contributed by atoms with Crippen LogP contribution in [-0.2, 0) is 6.42 Å². The zero-order chi connectivity index (χ0) is 13.1. The molecular weight excluding hydrogens is 303 g/mol. The lowest BCUT2D eigenvalue weighted by atomic mass is 9.91. The fourth-order valence-electron chi connectivity index (χ4n) is 3.58. The molecule has 0 bridgehead atoms. The molecule has 2 aliphatic heterocycles. The SMILES string of the molecule is CCCCCN1CCN2CCc3ccccc3C2C1.Cl.Cl. The van der Waals surface area contributed by atoms with E-state index >= 15 is 0 Å². The van der Waals surface area contributed by atoms with Crippen LogP contribution in [0.5, 0.6) is 0 Å². The van der Waals surface area contributed by atoms with Crippen LogP contribution < -0.4 is 0 Å². The van der Waals surface area contributed by atoms with Gasteiger partial charge in [0.15, 0.2) is 0 Å². The molecular formula is C17H28Cl2N2. The Morgan fingerprint density at radius 2 is 1.86 bits per heavy atom. The topological polar surface area (TPSA) is 6.48 Å². The van der Waals surface area contributed by atoms with E-state index < -0.39 is 0 Å². The number of halogens is 2. The first kappa shape index (κ1) is 18.8. The maximum Gasteiger partial charge on any atom is 0.0478 e. The van der Waals surface area contributed by atoms with E-state index in [2.05, 4.69) is 41.0 Å². The van der Waals surface area contributed by atoms with Gasteiger partial charge in [-0.3, -0.25) is 4.90 Å². The summed E-state index contributed by atoms with van der Waals surface area (Å²) < 4.78 is 0. The lowest BCUT2D eigenvalue weighted by molar-refractivity contribution is 0.0663. The summed E-state index contributed by atoms with van der Waals surface area (Å²) in [4.78, 5) is 5.37. The Bertz CT molecular complexity index is 425. The Hall–Kier alpha value is -0.280. The zero-order valence-corrected chi connectivity index (χ0v) is 14.6. The summed E-state index contributed by atoms with van der Waals surface area (Å²) in [6, 6.07) is 9.72. The summed E-state index contributed by atoms with van der Waals surface area (Å²) >= 11 is 0. The van der Waals surface area contributed by atoms with Crippen LogP contribution in [0.3, 0.4) is 0 Å². The number of fused-ring (bicyclic) bond motifs is 3. The first-order chi connectivity index (χ1) is 9.38. The summed E-state index contributed by atoms with van der Waals surface area (Å²) in [6.07, 6.45) is 5.31. The lowest BCUT2D eigenvalue weighted by Crippen LogP contribution is -2.50. The molecule has 0 spiro atoms. The van der Waals surface area contributed by atoms with E-state index in [0.29, 0.717) is 6.04 Å². The Balaban J connectivity index is 0.00000110. The molecule has 120 valence electrons. The van der Waals surface area contributed by atoms with E-state index in [-0.39, 0.29) is 24.8 Å². The largest absolute Gasteiger partial charge is 0.300 e. The highest BCUT2D eigenvalue weighted by atomic mass is 35.5. The molecule has 21 heavy (non-hydrogen) atoms. The van der Waals surface area contributed by atoms with Gasteiger partial charge >= 0.3 is 0 Å². The molecule has 2 aliphatic rings. The fraction of sp³-hybridized carbons (Fsp3) is 0.647. The van der Waals surface area contributed by atoms with Gasteiger partial charge in [0.25, 0.3) is 0 Å². The van der Waals surface area contributed by atoms with E-state index in [1.165, 1.54) is 58.4 Å². The summed E-state index contributed by atoms with van der Waals surface area (Å²) in [6.45, 7) is 8.59. The van der Waals surface area contributed by atoms with Crippen LogP contribution in [0, 0.1) is 0 Å². The molecule has 2 nitrogen and oxygen atoms in total. The molecule has 1 saturated heterocycles. The van der Waals surface area contributed by atoms with Crippen molar-refractivity contribution < 1.29 is 0 Å². The van der Waals surface area contributed by atoms with Crippen molar-refractivity contribution in [1.82, 2.24) is 9.80 Å². The Morgan fingerprint density at radius 1 is 1.05 bits per heavy atom. The maximum atomic E-state index is 2.69. The first-order valence-electron chi connectivity index (χ1n) is 7.92. The van der Waals surface area contributed by atoms with Crippen LogP contribution in [-0.4, -0.2) is 42.5 Å². The minimum atomic E-state index is 0. The van der Waals surface area contributed by atoms with Gasteiger partial charge in [0, 0.05) is 32.2 Å². The highest BCUT2D eigenvalue weighted by Gasteiger charge is 2.31. The molecule has 1 aromatic carbocycles. The molecule has 0 saturated carbocycles. The third-order valence-electron chi connectivity index (χ3n) is 4.74. The predicted octanol–water partition coefficient (Wildman–Crippen LogP) is 3.94. The quantitative estimate of drug-likeness (QED) is 0.771.